The molecule has 0 saturated carbocycles. The smallest absolute Gasteiger partial charge is 0.214 e. The van der Waals surface area contributed by atoms with E-state index >= 15 is 0 Å². The van der Waals surface area contributed by atoms with Crippen LogP contribution >= 0.6 is 11.8 Å². The summed E-state index contributed by atoms with van der Waals surface area (Å²) in [5, 5.41) is 12.2. The van der Waals surface area contributed by atoms with E-state index in [2.05, 4.69) is 25.4 Å². The first-order valence-electron chi connectivity index (χ1n) is 6.40. The molecule has 2 heterocycles. The Kier molecular flexibility index (Phi) is 4.08. The SMILES string of the molecule is Fc1ccc(Sc2ncc(N3CCNCC3)nn2)cc1. The first-order valence-corrected chi connectivity index (χ1v) is 7.22. The van der Waals surface area contributed by atoms with E-state index in [1.807, 2.05) is 0 Å². The van der Waals surface area contributed by atoms with Gasteiger partial charge >= 0.3 is 0 Å². The largest absolute Gasteiger partial charge is 0.351 e. The van der Waals surface area contributed by atoms with Crippen molar-refractivity contribution in [3.05, 3.63) is 36.3 Å². The monoisotopic (exact) mass is 291 g/mol. The van der Waals surface area contributed by atoms with Crippen LogP contribution in [0.2, 0.25) is 0 Å². The van der Waals surface area contributed by atoms with Crippen molar-refractivity contribution in [2.24, 2.45) is 0 Å². The number of rotatable bonds is 3. The third-order valence-corrected chi connectivity index (χ3v) is 3.87. The highest BCUT2D eigenvalue weighted by Crippen LogP contribution is 2.24. The average Bonchev–Trinajstić information content (AvgIpc) is 2.51. The standard InChI is InChI=1S/C13H14FN5S/c14-10-1-3-11(4-2-10)20-13-16-9-12(17-18-13)19-7-5-15-6-8-19/h1-4,9,15H,5-8H2. The van der Waals surface area contributed by atoms with Crippen LogP contribution in [0.1, 0.15) is 0 Å². The van der Waals surface area contributed by atoms with Crippen molar-refractivity contribution in [2.75, 3.05) is 31.1 Å². The minimum absolute atomic E-state index is 0.248. The molecule has 0 unspecified atom stereocenters. The van der Waals surface area contributed by atoms with E-state index in [1.54, 1.807) is 18.3 Å². The number of aromatic nitrogens is 3. The van der Waals surface area contributed by atoms with Crippen LogP contribution in [-0.2, 0) is 0 Å². The predicted molar refractivity (Wildman–Crippen MR) is 75.4 cm³/mol. The normalized spacial score (nSPS) is 15.3. The van der Waals surface area contributed by atoms with E-state index < -0.39 is 0 Å². The molecule has 0 radical (unpaired) electrons. The number of hydrogen-bond acceptors (Lipinski definition) is 6. The lowest BCUT2D eigenvalue weighted by Gasteiger charge is -2.27. The third-order valence-electron chi connectivity index (χ3n) is 2.99. The summed E-state index contributed by atoms with van der Waals surface area (Å²) < 4.78 is 12.8. The molecule has 0 atom stereocenters. The van der Waals surface area contributed by atoms with Gasteiger partial charge in [-0.05, 0) is 36.0 Å². The van der Waals surface area contributed by atoms with E-state index in [-0.39, 0.29) is 5.82 Å². The number of benzene rings is 1. The number of piperazine rings is 1. The molecule has 2 aromatic rings. The summed E-state index contributed by atoms with van der Waals surface area (Å²) in [7, 11) is 0. The van der Waals surface area contributed by atoms with Gasteiger partial charge in [-0.15, -0.1) is 10.2 Å². The molecule has 1 aromatic heterocycles. The fourth-order valence-corrected chi connectivity index (χ4v) is 2.62. The second-order valence-corrected chi connectivity index (χ2v) is 5.43. The Labute approximate surface area is 120 Å². The molecule has 1 N–H and O–H groups in total. The molecule has 0 bridgehead atoms. The Hall–Kier alpha value is -1.73. The molecule has 3 rings (SSSR count). The summed E-state index contributed by atoms with van der Waals surface area (Å²) in [6.07, 6.45) is 1.74. The van der Waals surface area contributed by atoms with Gasteiger partial charge in [-0.1, -0.05) is 0 Å². The molecule has 0 aliphatic carbocycles. The predicted octanol–water partition coefficient (Wildman–Crippen LogP) is 1.57. The van der Waals surface area contributed by atoms with E-state index in [1.165, 1.54) is 23.9 Å². The van der Waals surface area contributed by atoms with Crippen LogP contribution in [0, 0.1) is 5.82 Å². The highest BCUT2D eigenvalue weighted by molar-refractivity contribution is 7.99. The minimum Gasteiger partial charge on any atom is -0.351 e. The maximum Gasteiger partial charge on any atom is 0.214 e. The van der Waals surface area contributed by atoms with Gasteiger partial charge in [0.1, 0.15) is 5.82 Å². The molecule has 1 aromatic carbocycles. The second kappa shape index (κ2) is 6.15. The molecule has 1 aliphatic heterocycles. The van der Waals surface area contributed by atoms with Gasteiger partial charge in [0.2, 0.25) is 5.16 Å². The number of nitrogens with one attached hydrogen (secondary N) is 1. The zero-order valence-corrected chi connectivity index (χ0v) is 11.6. The maximum atomic E-state index is 12.8. The fraction of sp³-hybridized carbons (Fsp3) is 0.308. The van der Waals surface area contributed by atoms with Gasteiger partial charge in [0, 0.05) is 31.1 Å². The summed E-state index contributed by atoms with van der Waals surface area (Å²) in [6, 6.07) is 6.25. The molecule has 1 aliphatic rings. The first-order chi connectivity index (χ1) is 9.81. The molecule has 5 nitrogen and oxygen atoms in total. The molecule has 1 saturated heterocycles. The van der Waals surface area contributed by atoms with Crippen molar-refractivity contribution in [3.8, 4) is 0 Å². The second-order valence-electron chi connectivity index (χ2n) is 4.39. The van der Waals surface area contributed by atoms with E-state index in [9.17, 15) is 4.39 Å². The minimum atomic E-state index is -0.248. The Bertz CT molecular complexity index is 554. The topological polar surface area (TPSA) is 53.9 Å². The lowest BCUT2D eigenvalue weighted by atomic mass is 10.4. The Morgan fingerprint density at radius 3 is 2.50 bits per heavy atom. The van der Waals surface area contributed by atoms with Crippen LogP contribution in [0.3, 0.4) is 0 Å². The quantitative estimate of drug-likeness (QED) is 0.926. The van der Waals surface area contributed by atoms with Gasteiger partial charge < -0.3 is 10.2 Å². The van der Waals surface area contributed by atoms with Crippen LogP contribution < -0.4 is 10.2 Å². The van der Waals surface area contributed by atoms with Crippen molar-refractivity contribution in [1.29, 1.82) is 0 Å². The zero-order chi connectivity index (χ0) is 13.8. The van der Waals surface area contributed by atoms with E-state index in [0.29, 0.717) is 5.16 Å². The van der Waals surface area contributed by atoms with E-state index in [4.69, 9.17) is 0 Å². The molecular weight excluding hydrogens is 277 g/mol. The van der Waals surface area contributed by atoms with Gasteiger partial charge in [-0.25, -0.2) is 9.37 Å². The number of nitrogens with zero attached hydrogens (tertiary/aromatic N) is 4. The lowest BCUT2D eigenvalue weighted by molar-refractivity contribution is 0.579. The Morgan fingerprint density at radius 1 is 1.10 bits per heavy atom. The lowest BCUT2D eigenvalue weighted by Crippen LogP contribution is -2.44. The molecular formula is C13H14FN5S. The number of halogens is 1. The highest BCUT2D eigenvalue weighted by Gasteiger charge is 2.12. The molecule has 7 heteroatoms. The zero-order valence-electron chi connectivity index (χ0n) is 10.8. The Balaban J connectivity index is 1.67. The van der Waals surface area contributed by atoms with Gasteiger partial charge in [0.15, 0.2) is 5.82 Å². The number of hydrogen-bond donors (Lipinski definition) is 1. The van der Waals surface area contributed by atoms with Gasteiger partial charge in [-0.2, -0.15) is 0 Å². The van der Waals surface area contributed by atoms with Gasteiger partial charge in [0.05, 0.1) is 6.20 Å². The van der Waals surface area contributed by atoms with E-state index in [0.717, 1.165) is 36.9 Å². The summed E-state index contributed by atoms with van der Waals surface area (Å²) >= 11 is 1.37. The van der Waals surface area contributed by atoms with Gasteiger partial charge in [-0.3, -0.25) is 0 Å². The van der Waals surface area contributed by atoms with Crippen molar-refractivity contribution in [1.82, 2.24) is 20.5 Å². The molecule has 1 fully saturated rings. The van der Waals surface area contributed by atoms with Crippen LogP contribution in [0.5, 0.6) is 0 Å². The fourth-order valence-electron chi connectivity index (χ4n) is 1.95. The first kappa shape index (κ1) is 13.3. The average molecular weight is 291 g/mol. The van der Waals surface area contributed by atoms with Crippen molar-refractivity contribution >= 4 is 17.6 Å². The van der Waals surface area contributed by atoms with Crippen LogP contribution in [0.4, 0.5) is 10.2 Å². The Morgan fingerprint density at radius 2 is 1.85 bits per heavy atom. The molecule has 20 heavy (non-hydrogen) atoms. The summed E-state index contributed by atoms with van der Waals surface area (Å²) in [5.74, 6) is 0.553. The molecule has 0 amide bonds. The molecule has 0 spiro atoms. The van der Waals surface area contributed by atoms with Crippen molar-refractivity contribution in [3.63, 3.8) is 0 Å². The van der Waals surface area contributed by atoms with Crippen LogP contribution in [-0.4, -0.2) is 41.4 Å². The van der Waals surface area contributed by atoms with Crippen molar-refractivity contribution in [2.45, 2.75) is 10.1 Å². The van der Waals surface area contributed by atoms with Gasteiger partial charge in [0.25, 0.3) is 0 Å². The molecule has 104 valence electrons. The summed E-state index contributed by atoms with van der Waals surface area (Å²) in [6.45, 7) is 3.74. The number of anilines is 1. The third kappa shape index (κ3) is 3.23. The summed E-state index contributed by atoms with van der Waals surface area (Å²) in [5.41, 5.74) is 0. The maximum absolute atomic E-state index is 12.8. The summed E-state index contributed by atoms with van der Waals surface area (Å²) in [4.78, 5) is 7.35. The van der Waals surface area contributed by atoms with Crippen LogP contribution in [0.15, 0.2) is 40.5 Å². The van der Waals surface area contributed by atoms with Crippen LogP contribution in [0.25, 0.3) is 0 Å². The highest BCUT2D eigenvalue weighted by atomic mass is 32.2. The van der Waals surface area contributed by atoms with Crippen molar-refractivity contribution < 1.29 is 4.39 Å².